The van der Waals surface area contributed by atoms with E-state index in [1.54, 1.807) is 18.2 Å². The van der Waals surface area contributed by atoms with E-state index in [1.165, 1.54) is 26.4 Å². The summed E-state index contributed by atoms with van der Waals surface area (Å²) in [7, 11) is 2.55. The van der Waals surface area contributed by atoms with Crippen molar-refractivity contribution < 1.29 is 9.21 Å². The minimum Gasteiger partial charge on any atom is -0.465 e. The Labute approximate surface area is 124 Å². The lowest BCUT2D eigenvalue weighted by atomic mass is 10.1. The molecule has 2 rings (SSSR count). The van der Waals surface area contributed by atoms with Crippen LogP contribution in [0, 0.1) is 11.3 Å². The molecule has 0 saturated carbocycles. The molecular weight excluding hydrogens is 288 g/mol. The van der Waals surface area contributed by atoms with Crippen LogP contribution in [0.5, 0.6) is 0 Å². The summed E-state index contributed by atoms with van der Waals surface area (Å²) >= 11 is 0. The van der Waals surface area contributed by atoms with Gasteiger partial charge in [0, 0.05) is 20.2 Å². The smallest absolute Gasteiger partial charge is 0.332 e. The second-order valence-electron chi connectivity index (χ2n) is 4.48. The lowest BCUT2D eigenvalue weighted by Crippen LogP contribution is -2.41. The number of ketones is 1. The van der Waals surface area contributed by atoms with Gasteiger partial charge >= 0.3 is 5.69 Å². The van der Waals surface area contributed by atoms with Crippen LogP contribution in [-0.2, 0) is 14.1 Å². The largest absolute Gasteiger partial charge is 0.465 e. The molecular formula is C14H12N4O4. The maximum Gasteiger partial charge on any atom is 0.332 e. The highest BCUT2D eigenvalue weighted by molar-refractivity contribution is 6.15. The van der Waals surface area contributed by atoms with E-state index in [1.807, 2.05) is 0 Å². The number of rotatable bonds is 3. The Hall–Kier alpha value is -3.34. The zero-order valence-corrected chi connectivity index (χ0v) is 11.9. The molecule has 0 aliphatic rings. The number of nitriles is 1. The van der Waals surface area contributed by atoms with E-state index in [0.717, 1.165) is 9.13 Å². The molecule has 8 nitrogen and oxygen atoms in total. The van der Waals surface area contributed by atoms with Crippen molar-refractivity contribution in [2.45, 2.75) is 0 Å². The van der Waals surface area contributed by atoms with Crippen LogP contribution in [0.3, 0.4) is 0 Å². The van der Waals surface area contributed by atoms with Gasteiger partial charge in [0.2, 0.25) is 5.78 Å². The number of aromatic nitrogens is 2. The Morgan fingerprint density at radius 1 is 1.36 bits per heavy atom. The maximum absolute atomic E-state index is 12.4. The first-order chi connectivity index (χ1) is 10.4. The monoisotopic (exact) mass is 300 g/mol. The molecule has 0 aliphatic heterocycles. The summed E-state index contributed by atoms with van der Waals surface area (Å²) in [5.41, 5.74) is 3.42. The molecule has 0 unspecified atom stereocenters. The van der Waals surface area contributed by atoms with Gasteiger partial charge in [-0.1, -0.05) is 0 Å². The summed E-state index contributed by atoms with van der Waals surface area (Å²) in [6.07, 6.45) is 2.58. The molecule has 0 fully saturated rings. The van der Waals surface area contributed by atoms with Gasteiger partial charge in [-0.05, 0) is 12.1 Å². The molecule has 2 N–H and O–H groups in total. The number of furan rings is 1. The molecule has 0 saturated heterocycles. The van der Waals surface area contributed by atoms with Crippen LogP contribution in [0.25, 0.3) is 6.08 Å². The molecule has 0 bridgehead atoms. The summed E-state index contributed by atoms with van der Waals surface area (Å²) in [6.45, 7) is 0. The summed E-state index contributed by atoms with van der Waals surface area (Å²) in [6, 6.07) is 4.84. The molecule has 0 spiro atoms. The molecule has 0 aliphatic carbocycles. The van der Waals surface area contributed by atoms with E-state index in [0.29, 0.717) is 0 Å². The van der Waals surface area contributed by atoms with Gasteiger partial charge < -0.3 is 10.2 Å². The predicted octanol–water partition coefficient (Wildman–Crippen LogP) is 0.0491. The van der Waals surface area contributed by atoms with E-state index in [-0.39, 0.29) is 17.2 Å². The lowest BCUT2D eigenvalue weighted by molar-refractivity contribution is 0.103. The van der Waals surface area contributed by atoms with E-state index in [9.17, 15) is 14.4 Å². The number of nitrogens with two attached hydrogens (primary N) is 1. The molecule has 8 heteroatoms. The number of hydrogen-bond acceptors (Lipinski definition) is 6. The van der Waals surface area contributed by atoms with Gasteiger partial charge in [0.1, 0.15) is 28.8 Å². The third-order valence-corrected chi connectivity index (χ3v) is 3.13. The second kappa shape index (κ2) is 5.57. The Balaban J connectivity index is 2.67. The van der Waals surface area contributed by atoms with Crippen LogP contribution in [-0.4, -0.2) is 14.9 Å². The number of carbonyl (C=O) groups excluding carboxylic acids is 1. The second-order valence-corrected chi connectivity index (χ2v) is 4.48. The Morgan fingerprint density at radius 3 is 2.59 bits per heavy atom. The molecule has 2 aromatic heterocycles. The van der Waals surface area contributed by atoms with Crippen molar-refractivity contribution in [3.05, 3.63) is 56.1 Å². The fraction of sp³-hybridized carbons (Fsp3) is 0.143. The molecule has 2 aromatic rings. The highest BCUT2D eigenvalue weighted by Gasteiger charge is 2.23. The Bertz CT molecular complexity index is 923. The van der Waals surface area contributed by atoms with Crippen LogP contribution >= 0.6 is 0 Å². The summed E-state index contributed by atoms with van der Waals surface area (Å²) in [5.74, 6) is -0.878. The first-order valence-electron chi connectivity index (χ1n) is 6.14. The number of anilines is 1. The maximum atomic E-state index is 12.4. The number of carbonyl (C=O) groups is 1. The van der Waals surface area contributed by atoms with Gasteiger partial charge in [0.25, 0.3) is 5.56 Å². The lowest BCUT2D eigenvalue weighted by Gasteiger charge is -2.10. The van der Waals surface area contributed by atoms with Crippen LogP contribution in [0.4, 0.5) is 5.82 Å². The van der Waals surface area contributed by atoms with E-state index < -0.39 is 22.6 Å². The van der Waals surface area contributed by atoms with Crippen molar-refractivity contribution in [3.8, 4) is 6.07 Å². The number of nitrogens with zero attached hydrogens (tertiary/aromatic N) is 3. The van der Waals surface area contributed by atoms with Crippen LogP contribution in [0.2, 0.25) is 0 Å². The first kappa shape index (κ1) is 15.1. The fourth-order valence-corrected chi connectivity index (χ4v) is 1.87. The van der Waals surface area contributed by atoms with Crippen molar-refractivity contribution >= 4 is 17.7 Å². The summed E-state index contributed by atoms with van der Waals surface area (Å²) in [4.78, 5) is 36.3. The predicted molar refractivity (Wildman–Crippen MR) is 78.0 cm³/mol. The van der Waals surface area contributed by atoms with Crippen molar-refractivity contribution in [1.82, 2.24) is 9.13 Å². The third kappa shape index (κ3) is 2.35. The molecule has 112 valence electrons. The molecule has 0 radical (unpaired) electrons. The quantitative estimate of drug-likeness (QED) is 0.485. The van der Waals surface area contributed by atoms with Gasteiger partial charge in [-0.2, -0.15) is 5.26 Å². The highest BCUT2D eigenvalue weighted by Crippen LogP contribution is 2.14. The zero-order chi connectivity index (χ0) is 16.4. The molecule has 0 atom stereocenters. The third-order valence-electron chi connectivity index (χ3n) is 3.13. The van der Waals surface area contributed by atoms with Crippen LogP contribution < -0.4 is 17.0 Å². The number of hydrogen-bond donors (Lipinski definition) is 1. The Morgan fingerprint density at radius 2 is 2.05 bits per heavy atom. The van der Waals surface area contributed by atoms with Gasteiger partial charge in [0.15, 0.2) is 0 Å². The zero-order valence-electron chi connectivity index (χ0n) is 11.9. The van der Waals surface area contributed by atoms with E-state index in [2.05, 4.69) is 0 Å². The average Bonchev–Trinajstić information content (AvgIpc) is 3.01. The summed E-state index contributed by atoms with van der Waals surface area (Å²) < 4.78 is 6.75. The number of nitrogen functional groups attached to an aromatic ring is 1. The van der Waals surface area contributed by atoms with Crippen LogP contribution in [0.15, 0.2) is 38.0 Å². The van der Waals surface area contributed by atoms with E-state index in [4.69, 9.17) is 15.4 Å². The highest BCUT2D eigenvalue weighted by atomic mass is 16.3. The minimum atomic E-state index is -0.868. The van der Waals surface area contributed by atoms with Crippen LogP contribution in [0.1, 0.15) is 16.1 Å². The van der Waals surface area contributed by atoms with Gasteiger partial charge in [-0.15, -0.1) is 0 Å². The van der Waals surface area contributed by atoms with Crippen molar-refractivity contribution in [2.24, 2.45) is 14.1 Å². The SMILES string of the molecule is Cn1c(N)c(C(=O)/C(C#N)=C/c2ccco2)c(=O)n(C)c1=O. The molecule has 22 heavy (non-hydrogen) atoms. The van der Waals surface area contributed by atoms with Crippen molar-refractivity contribution in [1.29, 1.82) is 5.26 Å². The fourth-order valence-electron chi connectivity index (χ4n) is 1.87. The van der Waals surface area contributed by atoms with Crippen molar-refractivity contribution in [2.75, 3.05) is 5.73 Å². The van der Waals surface area contributed by atoms with Gasteiger partial charge in [0.05, 0.1) is 6.26 Å². The molecule has 0 amide bonds. The minimum absolute atomic E-state index is 0.283. The normalized spacial score (nSPS) is 11.2. The molecule has 2 heterocycles. The number of Topliss-reactive ketones (excluding diaryl/α,β-unsaturated/α-hetero) is 1. The number of allylic oxidation sites excluding steroid dienone is 1. The topological polar surface area (TPSA) is 124 Å². The first-order valence-corrected chi connectivity index (χ1v) is 6.14. The van der Waals surface area contributed by atoms with E-state index >= 15 is 0 Å². The van der Waals surface area contributed by atoms with Gasteiger partial charge in [-0.3, -0.25) is 18.7 Å². The summed E-state index contributed by atoms with van der Waals surface area (Å²) in [5, 5.41) is 9.13. The Kier molecular flexibility index (Phi) is 3.81. The molecule has 0 aromatic carbocycles. The van der Waals surface area contributed by atoms with Crippen molar-refractivity contribution in [3.63, 3.8) is 0 Å². The standard InChI is InChI=1S/C14H12N4O4/c1-17-12(16)10(13(20)18(2)14(17)21)11(19)8(7-15)6-9-4-3-5-22-9/h3-6H,16H2,1-2H3/b8-6+. The average molecular weight is 300 g/mol. The van der Waals surface area contributed by atoms with Gasteiger partial charge in [-0.25, -0.2) is 4.79 Å².